The van der Waals surface area contributed by atoms with E-state index >= 15 is 0 Å². The van der Waals surface area contributed by atoms with Crippen molar-refractivity contribution in [1.82, 2.24) is 9.62 Å². The molecular formula is C25H34N2O4S. The SMILES string of the molecule is CC(C)OCc1ccccc1CNC(=O)c1ccc(S(=O)(=O)N(C)C2CCCCC2)cc1. The molecule has 0 aromatic heterocycles. The first-order valence-electron chi connectivity index (χ1n) is 11.3. The molecule has 1 amide bonds. The Kier molecular flexibility index (Phi) is 8.45. The predicted octanol–water partition coefficient (Wildman–Crippen LogP) is 4.49. The average molecular weight is 459 g/mol. The fourth-order valence-electron chi connectivity index (χ4n) is 3.99. The van der Waals surface area contributed by atoms with Crippen LogP contribution in [0.4, 0.5) is 0 Å². The number of nitrogens with zero attached hydrogens (tertiary/aromatic N) is 1. The molecule has 7 heteroatoms. The monoisotopic (exact) mass is 458 g/mol. The van der Waals surface area contributed by atoms with Gasteiger partial charge in [0, 0.05) is 25.2 Å². The Hall–Kier alpha value is -2.22. The number of rotatable bonds is 9. The van der Waals surface area contributed by atoms with E-state index in [1.165, 1.54) is 22.9 Å². The predicted molar refractivity (Wildman–Crippen MR) is 126 cm³/mol. The third kappa shape index (κ3) is 6.18. The number of carbonyl (C=O) groups excluding carboxylic acids is 1. The summed E-state index contributed by atoms with van der Waals surface area (Å²) in [5.41, 5.74) is 2.46. The van der Waals surface area contributed by atoms with Gasteiger partial charge in [0.05, 0.1) is 17.6 Å². The maximum atomic E-state index is 13.0. The quantitative estimate of drug-likeness (QED) is 0.601. The van der Waals surface area contributed by atoms with Gasteiger partial charge in [0.15, 0.2) is 0 Å². The van der Waals surface area contributed by atoms with Crippen LogP contribution in [0.25, 0.3) is 0 Å². The third-order valence-electron chi connectivity index (χ3n) is 6.01. The molecule has 0 spiro atoms. The number of hydrogen-bond acceptors (Lipinski definition) is 4. The molecule has 0 unspecified atom stereocenters. The molecule has 0 aliphatic heterocycles. The zero-order valence-corrected chi connectivity index (χ0v) is 20.0. The van der Waals surface area contributed by atoms with Gasteiger partial charge in [-0.25, -0.2) is 8.42 Å². The van der Waals surface area contributed by atoms with E-state index in [2.05, 4.69) is 5.32 Å². The Morgan fingerprint density at radius 2 is 1.66 bits per heavy atom. The molecule has 1 N–H and O–H groups in total. The molecule has 0 atom stereocenters. The van der Waals surface area contributed by atoms with E-state index in [1.807, 2.05) is 38.1 Å². The number of ether oxygens (including phenoxy) is 1. The molecule has 0 radical (unpaired) electrons. The molecule has 32 heavy (non-hydrogen) atoms. The highest BCUT2D eigenvalue weighted by Crippen LogP contribution is 2.26. The normalized spacial score (nSPS) is 15.3. The summed E-state index contributed by atoms with van der Waals surface area (Å²) >= 11 is 0. The van der Waals surface area contributed by atoms with Crippen molar-refractivity contribution in [3.05, 3.63) is 65.2 Å². The van der Waals surface area contributed by atoms with Crippen molar-refractivity contribution in [2.24, 2.45) is 0 Å². The fourth-order valence-corrected chi connectivity index (χ4v) is 5.41. The Bertz CT molecular complexity index is 997. The molecule has 0 saturated heterocycles. The summed E-state index contributed by atoms with van der Waals surface area (Å²) in [6, 6.07) is 14.1. The molecule has 0 bridgehead atoms. The average Bonchev–Trinajstić information content (AvgIpc) is 2.81. The molecule has 2 aromatic carbocycles. The lowest BCUT2D eigenvalue weighted by atomic mass is 9.96. The highest BCUT2D eigenvalue weighted by Gasteiger charge is 2.29. The Labute approximate surface area is 192 Å². The molecule has 1 aliphatic rings. The summed E-state index contributed by atoms with van der Waals surface area (Å²) in [6.45, 7) is 4.84. The second kappa shape index (κ2) is 11.1. The minimum absolute atomic E-state index is 0.0523. The third-order valence-corrected chi connectivity index (χ3v) is 7.94. The first kappa shape index (κ1) is 24.4. The van der Waals surface area contributed by atoms with Gasteiger partial charge in [-0.2, -0.15) is 4.31 Å². The van der Waals surface area contributed by atoms with Crippen molar-refractivity contribution in [3.63, 3.8) is 0 Å². The standard InChI is InChI=1S/C25H34N2O4S/c1-19(2)31-18-22-10-8-7-9-21(22)17-26-25(28)20-13-15-24(16-14-20)32(29,30)27(3)23-11-5-4-6-12-23/h7-10,13-16,19,23H,4-6,11-12,17-18H2,1-3H3,(H,26,28). The van der Waals surface area contributed by atoms with Gasteiger partial charge in [0.25, 0.3) is 5.91 Å². The molecular weight excluding hydrogens is 424 g/mol. The Balaban J connectivity index is 1.63. The largest absolute Gasteiger partial charge is 0.374 e. The second-order valence-electron chi connectivity index (χ2n) is 8.65. The van der Waals surface area contributed by atoms with E-state index in [0.29, 0.717) is 18.7 Å². The van der Waals surface area contributed by atoms with Crippen LogP contribution < -0.4 is 5.32 Å². The number of sulfonamides is 1. The lowest BCUT2D eigenvalue weighted by molar-refractivity contribution is 0.0651. The minimum Gasteiger partial charge on any atom is -0.374 e. The first-order valence-corrected chi connectivity index (χ1v) is 12.8. The van der Waals surface area contributed by atoms with Crippen molar-refractivity contribution in [3.8, 4) is 0 Å². The number of amides is 1. The van der Waals surface area contributed by atoms with E-state index in [4.69, 9.17) is 4.74 Å². The van der Waals surface area contributed by atoms with E-state index in [9.17, 15) is 13.2 Å². The Morgan fingerprint density at radius 1 is 1.03 bits per heavy atom. The van der Waals surface area contributed by atoms with Crippen LogP contribution in [0, 0.1) is 0 Å². The van der Waals surface area contributed by atoms with E-state index in [1.54, 1.807) is 19.2 Å². The molecule has 1 aliphatic carbocycles. The van der Waals surface area contributed by atoms with Crippen LogP contribution in [-0.2, 0) is 27.9 Å². The van der Waals surface area contributed by atoms with Gasteiger partial charge in [-0.15, -0.1) is 0 Å². The van der Waals surface area contributed by atoms with Crippen molar-refractivity contribution < 1.29 is 17.9 Å². The maximum absolute atomic E-state index is 13.0. The summed E-state index contributed by atoms with van der Waals surface area (Å²) in [5.74, 6) is -0.242. The van der Waals surface area contributed by atoms with Gasteiger partial charge >= 0.3 is 0 Å². The van der Waals surface area contributed by atoms with E-state index in [-0.39, 0.29) is 22.9 Å². The summed E-state index contributed by atoms with van der Waals surface area (Å²) in [7, 11) is -1.91. The molecule has 2 aromatic rings. The molecule has 1 saturated carbocycles. The number of carbonyl (C=O) groups is 1. The molecule has 0 heterocycles. The molecule has 6 nitrogen and oxygen atoms in total. The van der Waals surface area contributed by atoms with Crippen LogP contribution in [0.2, 0.25) is 0 Å². The van der Waals surface area contributed by atoms with Crippen LogP contribution in [0.15, 0.2) is 53.4 Å². The van der Waals surface area contributed by atoms with Crippen molar-refractivity contribution in [2.75, 3.05) is 7.05 Å². The zero-order chi connectivity index (χ0) is 23.1. The van der Waals surface area contributed by atoms with Gasteiger partial charge in [0.2, 0.25) is 10.0 Å². The zero-order valence-electron chi connectivity index (χ0n) is 19.2. The number of benzene rings is 2. The van der Waals surface area contributed by atoms with Crippen molar-refractivity contribution >= 4 is 15.9 Å². The van der Waals surface area contributed by atoms with Crippen molar-refractivity contribution in [2.45, 2.75) is 76.1 Å². The Morgan fingerprint density at radius 3 is 2.28 bits per heavy atom. The van der Waals surface area contributed by atoms with Gasteiger partial charge in [0.1, 0.15) is 0 Å². The van der Waals surface area contributed by atoms with Gasteiger partial charge in [-0.05, 0) is 62.1 Å². The number of hydrogen-bond donors (Lipinski definition) is 1. The van der Waals surface area contributed by atoms with E-state index < -0.39 is 10.0 Å². The second-order valence-corrected chi connectivity index (χ2v) is 10.6. The van der Waals surface area contributed by atoms with Crippen LogP contribution in [-0.4, -0.2) is 37.8 Å². The smallest absolute Gasteiger partial charge is 0.251 e. The van der Waals surface area contributed by atoms with Gasteiger partial charge < -0.3 is 10.1 Å². The van der Waals surface area contributed by atoms with Crippen LogP contribution >= 0.6 is 0 Å². The molecule has 174 valence electrons. The number of nitrogens with one attached hydrogen (secondary N) is 1. The van der Waals surface area contributed by atoms with Gasteiger partial charge in [-0.1, -0.05) is 43.5 Å². The summed E-state index contributed by atoms with van der Waals surface area (Å²) < 4.78 is 33.2. The lowest BCUT2D eigenvalue weighted by Crippen LogP contribution is -2.38. The topological polar surface area (TPSA) is 75.7 Å². The van der Waals surface area contributed by atoms with E-state index in [0.717, 1.165) is 36.8 Å². The maximum Gasteiger partial charge on any atom is 0.251 e. The first-order chi connectivity index (χ1) is 15.3. The molecule has 3 rings (SSSR count). The minimum atomic E-state index is -3.57. The highest BCUT2D eigenvalue weighted by atomic mass is 32.2. The molecule has 1 fully saturated rings. The van der Waals surface area contributed by atoms with Crippen molar-refractivity contribution in [1.29, 1.82) is 0 Å². The lowest BCUT2D eigenvalue weighted by Gasteiger charge is -2.30. The summed E-state index contributed by atoms with van der Waals surface area (Å²) in [6.07, 6.45) is 5.24. The summed E-state index contributed by atoms with van der Waals surface area (Å²) in [4.78, 5) is 12.9. The van der Waals surface area contributed by atoms with Crippen LogP contribution in [0.3, 0.4) is 0 Å². The van der Waals surface area contributed by atoms with Crippen LogP contribution in [0.5, 0.6) is 0 Å². The highest BCUT2D eigenvalue weighted by molar-refractivity contribution is 7.89. The van der Waals surface area contributed by atoms with Gasteiger partial charge in [-0.3, -0.25) is 4.79 Å². The summed E-state index contributed by atoms with van der Waals surface area (Å²) in [5, 5.41) is 2.92. The fraction of sp³-hybridized carbons (Fsp3) is 0.480. The van der Waals surface area contributed by atoms with Crippen LogP contribution in [0.1, 0.15) is 67.4 Å².